The summed E-state index contributed by atoms with van der Waals surface area (Å²) in [4.78, 5) is 20.9. The highest BCUT2D eigenvalue weighted by Crippen LogP contribution is 2.35. The fourth-order valence-electron chi connectivity index (χ4n) is 3.99. The van der Waals surface area contributed by atoms with Crippen LogP contribution in [0.5, 0.6) is 0 Å². The third-order valence-electron chi connectivity index (χ3n) is 5.50. The van der Waals surface area contributed by atoms with E-state index < -0.39 is 7.14 Å². The third-order valence-corrected chi connectivity index (χ3v) is 7.62. The number of fused-ring (bicyclic) bond motifs is 1. The maximum Gasteiger partial charge on any atom is 0.229 e. The maximum atomic E-state index is 12.4. The second-order valence-electron chi connectivity index (χ2n) is 8.69. The zero-order chi connectivity index (χ0) is 23.2. The molecule has 1 N–H and O–H groups in total. The molecule has 2 unspecified atom stereocenters. The van der Waals surface area contributed by atoms with Crippen molar-refractivity contribution >= 4 is 52.4 Å². The van der Waals surface area contributed by atoms with Crippen molar-refractivity contribution in [3.63, 3.8) is 0 Å². The first kappa shape index (κ1) is 22.0. The van der Waals surface area contributed by atoms with Gasteiger partial charge in [0.2, 0.25) is 5.95 Å². The Labute approximate surface area is 196 Å². The van der Waals surface area contributed by atoms with Crippen molar-refractivity contribution < 1.29 is 9.30 Å². The Kier molecular flexibility index (Phi) is 5.68. The van der Waals surface area contributed by atoms with E-state index in [0.29, 0.717) is 36.0 Å². The molecule has 3 aromatic heterocycles. The van der Waals surface area contributed by atoms with Gasteiger partial charge in [0.05, 0.1) is 17.7 Å². The Morgan fingerprint density at radius 3 is 2.45 bits per heavy atom. The van der Waals surface area contributed by atoms with Crippen LogP contribution in [0, 0.1) is 0 Å². The fourth-order valence-corrected chi connectivity index (χ4v) is 5.38. The van der Waals surface area contributed by atoms with Gasteiger partial charge in [0.15, 0.2) is 22.8 Å². The number of aromatic nitrogens is 5. The van der Waals surface area contributed by atoms with Crippen LogP contribution in [0.2, 0.25) is 0 Å². The van der Waals surface area contributed by atoms with Gasteiger partial charge in [-0.1, -0.05) is 0 Å². The van der Waals surface area contributed by atoms with Crippen molar-refractivity contribution in [3.8, 4) is 5.82 Å². The molecule has 1 saturated heterocycles. The van der Waals surface area contributed by atoms with E-state index in [2.05, 4.69) is 34.0 Å². The largest absolute Gasteiger partial charge is 0.372 e. The minimum absolute atomic E-state index is 0.0826. The van der Waals surface area contributed by atoms with Gasteiger partial charge in [-0.2, -0.15) is 9.97 Å². The van der Waals surface area contributed by atoms with Gasteiger partial charge in [0, 0.05) is 29.5 Å². The molecule has 1 aliphatic heterocycles. The predicted octanol–water partition coefficient (Wildman–Crippen LogP) is 3.88. The minimum Gasteiger partial charge on any atom is -0.372 e. The second kappa shape index (κ2) is 8.52. The summed E-state index contributed by atoms with van der Waals surface area (Å²) < 4.78 is 20.1. The van der Waals surface area contributed by atoms with Crippen LogP contribution in [-0.4, -0.2) is 63.1 Å². The van der Waals surface area contributed by atoms with Gasteiger partial charge < -0.3 is 19.5 Å². The lowest BCUT2D eigenvalue weighted by Crippen LogP contribution is -2.46. The SMILES string of the molecule is CC1CN(c2nc(Nc3ccc(P(C)(C)=O)cc3)c3ncn(-c4cscn4)c3n2)CC(C)O1. The lowest BCUT2D eigenvalue weighted by atomic mass is 10.2. The highest BCUT2D eigenvalue weighted by Gasteiger charge is 2.26. The second-order valence-corrected chi connectivity index (χ2v) is 12.6. The minimum atomic E-state index is -2.32. The molecule has 11 heteroatoms. The molecule has 0 aliphatic carbocycles. The van der Waals surface area contributed by atoms with Crippen molar-refractivity contribution in [2.75, 3.05) is 36.6 Å². The van der Waals surface area contributed by atoms with Crippen LogP contribution in [0.3, 0.4) is 0 Å². The van der Waals surface area contributed by atoms with E-state index >= 15 is 0 Å². The normalized spacial score (nSPS) is 19.2. The van der Waals surface area contributed by atoms with E-state index in [9.17, 15) is 4.57 Å². The number of rotatable bonds is 5. The van der Waals surface area contributed by atoms with Crippen molar-refractivity contribution in [1.29, 1.82) is 0 Å². The number of hydrogen-bond donors (Lipinski definition) is 1. The van der Waals surface area contributed by atoms with E-state index in [0.717, 1.165) is 16.8 Å². The zero-order valence-electron chi connectivity index (χ0n) is 19.0. The van der Waals surface area contributed by atoms with Crippen LogP contribution in [0.25, 0.3) is 17.0 Å². The molecule has 4 heterocycles. The van der Waals surface area contributed by atoms with Crippen LogP contribution in [0.4, 0.5) is 17.5 Å². The molecule has 33 heavy (non-hydrogen) atoms. The van der Waals surface area contributed by atoms with Crippen LogP contribution in [0.1, 0.15) is 13.8 Å². The molecule has 0 spiro atoms. The summed E-state index contributed by atoms with van der Waals surface area (Å²) in [7, 11) is -2.32. The third kappa shape index (κ3) is 4.51. The van der Waals surface area contributed by atoms with E-state index in [1.807, 2.05) is 34.2 Å². The maximum absolute atomic E-state index is 12.4. The summed E-state index contributed by atoms with van der Waals surface area (Å²) in [6, 6.07) is 7.61. The molecule has 0 amide bonds. The number of benzene rings is 1. The average Bonchev–Trinajstić information content (AvgIpc) is 3.42. The fraction of sp³-hybridized carbons (Fsp3) is 0.364. The van der Waals surface area contributed by atoms with Gasteiger partial charge >= 0.3 is 0 Å². The standard InChI is InChI=1S/C22H26N7O2PS/c1-14-9-28(10-15(2)31-14)22-26-20(25-16-5-7-17(8-6-16)32(3,4)30)19-21(27-22)29(12-23-19)18-11-33-13-24-18/h5-8,11-15H,9-10H2,1-4H3,(H,25,26,27). The van der Waals surface area contributed by atoms with E-state index in [1.165, 1.54) is 11.3 Å². The Morgan fingerprint density at radius 2 is 1.82 bits per heavy atom. The number of nitrogens with zero attached hydrogens (tertiary/aromatic N) is 6. The molecular weight excluding hydrogens is 457 g/mol. The summed E-state index contributed by atoms with van der Waals surface area (Å²) in [5, 5.41) is 6.19. The number of ether oxygens (including phenoxy) is 1. The van der Waals surface area contributed by atoms with Crippen LogP contribution >= 0.6 is 18.5 Å². The summed E-state index contributed by atoms with van der Waals surface area (Å²) in [5.41, 5.74) is 3.96. The number of nitrogens with one attached hydrogen (secondary N) is 1. The predicted molar refractivity (Wildman–Crippen MR) is 133 cm³/mol. The van der Waals surface area contributed by atoms with Gasteiger partial charge in [-0.25, -0.2) is 9.97 Å². The number of hydrogen-bond acceptors (Lipinski definition) is 9. The van der Waals surface area contributed by atoms with Gasteiger partial charge in [0.25, 0.3) is 0 Å². The van der Waals surface area contributed by atoms with E-state index in [-0.39, 0.29) is 12.2 Å². The topological polar surface area (TPSA) is 98.1 Å². The Bertz CT molecular complexity index is 1310. The van der Waals surface area contributed by atoms with Crippen LogP contribution < -0.4 is 15.5 Å². The van der Waals surface area contributed by atoms with Crippen molar-refractivity contribution in [2.24, 2.45) is 0 Å². The highest BCUT2D eigenvalue weighted by atomic mass is 32.1. The van der Waals surface area contributed by atoms with Crippen molar-refractivity contribution in [2.45, 2.75) is 26.1 Å². The van der Waals surface area contributed by atoms with Gasteiger partial charge in [-0.15, -0.1) is 11.3 Å². The number of morpholine rings is 1. The summed E-state index contributed by atoms with van der Waals surface area (Å²) in [6.45, 7) is 9.06. The molecule has 5 rings (SSSR count). The lowest BCUT2D eigenvalue weighted by molar-refractivity contribution is -0.00569. The molecule has 0 bridgehead atoms. The molecule has 9 nitrogen and oxygen atoms in total. The Balaban J connectivity index is 1.58. The smallest absolute Gasteiger partial charge is 0.229 e. The monoisotopic (exact) mass is 483 g/mol. The molecule has 0 saturated carbocycles. The first-order chi connectivity index (χ1) is 15.8. The average molecular weight is 484 g/mol. The molecule has 1 aliphatic rings. The van der Waals surface area contributed by atoms with E-state index in [1.54, 1.807) is 25.2 Å². The first-order valence-electron chi connectivity index (χ1n) is 10.7. The summed E-state index contributed by atoms with van der Waals surface area (Å²) >= 11 is 1.52. The van der Waals surface area contributed by atoms with Gasteiger partial charge in [0.1, 0.15) is 13.5 Å². The van der Waals surface area contributed by atoms with Gasteiger partial charge in [-0.05, 0) is 51.4 Å². The summed E-state index contributed by atoms with van der Waals surface area (Å²) in [6.07, 6.45) is 1.89. The van der Waals surface area contributed by atoms with E-state index in [4.69, 9.17) is 14.7 Å². The molecular formula is C22H26N7O2PS. The Morgan fingerprint density at radius 1 is 1.09 bits per heavy atom. The number of imidazole rings is 1. The molecule has 4 aromatic rings. The first-order valence-corrected chi connectivity index (χ1v) is 14.3. The molecule has 0 radical (unpaired) electrons. The van der Waals surface area contributed by atoms with Crippen molar-refractivity contribution in [1.82, 2.24) is 24.5 Å². The summed E-state index contributed by atoms with van der Waals surface area (Å²) in [5.74, 6) is 2.00. The quantitative estimate of drug-likeness (QED) is 0.427. The lowest BCUT2D eigenvalue weighted by Gasteiger charge is -2.35. The number of thiazole rings is 1. The molecule has 1 fully saturated rings. The van der Waals surface area contributed by atoms with Crippen LogP contribution in [-0.2, 0) is 9.30 Å². The highest BCUT2D eigenvalue weighted by molar-refractivity contribution is 7.70. The Hall–Kier alpha value is -2.81. The van der Waals surface area contributed by atoms with Crippen LogP contribution in [0.15, 0.2) is 41.5 Å². The number of anilines is 3. The molecule has 2 atom stereocenters. The zero-order valence-corrected chi connectivity index (χ0v) is 20.7. The van der Waals surface area contributed by atoms with Gasteiger partial charge in [-0.3, -0.25) is 4.57 Å². The molecule has 172 valence electrons. The molecule has 1 aromatic carbocycles. The van der Waals surface area contributed by atoms with Crippen molar-refractivity contribution in [3.05, 3.63) is 41.5 Å².